The highest BCUT2D eigenvalue weighted by Crippen LogP contribution is 2.27. The van der Waals surface area contributed by atoms with Crippen LogP contribution in [0.4, 0.5) is 4.39 Å². The van der Waals surface area contributed by atoms with Crippen molar-refractivity contribution in [1.82, 2.24) is 10.2 Å². The van der Waals surface area contributed by atoms with Gasteiger partial charge in [0.2, 0.25) is 11.8 Å². The maximum Gasteiger partial charge on any atom is 0.248 e. The molecule has 0 aliphatic carbocycles. The maximum absolute atomic E-state index is 12.9. The average molecular weight is 292 g/mol. The van der Waals surface area contributed by atoms with Crippen LogP contribution in [0, 0.1) is 5.92 Å². The van der Waals surface area contributed by atoms with Crippen molar-refractivity contribution in [3.8, 4) is 0 Å². The Kier molecular flexibility index (Phi) is 4.94. The third kappa shape index (κ3) is 3.06. The van der Waals surface area contributed by atoms with Crippen molar-refractivity contribution < 1.29 is 14.0 Å². The van der Waals surface area contributed by atoms with E-state index in [1.54, 1.807) is 12.1 Å². The zero-order valence-electron chi connectivity index (χ0n) is 12.4. The topological polar surface area (TPSA) is 49.4 Å². The van der Waals surface area contributed by atoms with Gasteiger partial charge in [-0.1, -0.05) is 50.6 Å². The highest BCUT2D eigenvalue weighted by Gasteiger charge is 2.42. The van der Waals surface area contributed by atoms with Crippen molar-refractivity contribution >= 4 is 11.8 Å². The van der Waals surface area contributed by atoms with Crippen molar-refractivity contribution in [3.05, 3.63) is 35.9 Å². The van der Waals surface area contributed by atoms with Crippen LogP contribution in [-0.4, -0.2) is 36.0 Å². The van der Waals surface area contributed by atoms with Gasteiger partial charge in [-0.15, -0.1) is 0 Å². The summed E-state index contributed by atoms with van der Waals surface area (Å²) < 4.78 is 12.9. The van der Waals surface area contributed by atoms with E-state index in [0.717, 1.165) is 6.42 Å². The number of alkyl halides is 1. The number of piperazine rings is 1. The molecule has 3 atom stereocenters. The van der Waals surface area contributed by atoms with Crippen LogP contribution in [0.3, 0.4) is 0 Å². The average Bonchev–Trinajstić information content (AvgIpc) is 2.51. The van der Waals surface area contributed by atoms with Crippen LogP contribution >= 0.6 is 0 Å². The Morgan fingerprint density at radius 3 is 2.52 bits per heavy atom. The van der Waals surface area contributed by atoms with E-state index >= 15 is 0 Å². The highest BCUT2D eigenvalue weighted by molar-refractivity contribution is 5.97. The summed E-state index contributed by atoms with van der Waals surface area (Å²) in [6, 6.07) is 7.72. The van der Waals surface area contributed by atoms with Crippen LogP contribution in [0.1, 0.15) is 31.9 Å². The van der Waals surface area contributed by atoms with Gasteiger partial charge in [0, 0.05) is 0 Å². The van der Waals surface area contributed by atoms with Crippen LogP contribution in [0.5, 0.6) is 0 Å². The van der Waals surface area contributed by atoms with Gasteiger partial charge in [-0.2, -0.15) is 0 Å². The van der Waals surface area contributed by atoms with E-state index in [1.807, 2.05) is 32.0 Å². The first-order valence-corrected chi connectivity index (χ1v) is 7.31. The van der Waals surface area contributed by atoms with Gasteiger partial charge in [0.05, 0.1) is 6.54 Å². The molecular weight excluding hydrogens is 271 g/mol. The van der Waals surface area contributed by atoms with E-state index in [-0.39, 0.29) is 24.3 Å². The monoisotopic (exact) mass is 292 g/mol. The summed E-state index contributed by atoms with van der Waals surface area (Å²) in [5.74, 6) is -0.407. The van der Waals surface area contributed by atoms with Gasteiger partial charge in [-0.3, -0.25) is 9.59 Å². The molecule has 1 heterocycles. The Morgan fingerprint density at radius 1 is 1.29 bits per heavy atom. The standard InChI is InChI=1S/C16H21FN2O2/c1-3-11(2)13-16(21)19(10-9-17)14(15(20)18-13)12-7-5-4-6-8-12/h4-8,11,13-14H,3,9-10H2,1-2H3,(H,18,20). The van der Waals surface area contributed by atoms with Gasteiger partial charge in [0.15, 0.2) is 0 Å². The molecular formula is C16H21FN2O2. The molecule has 5 heteroatoms. The van der Waals surface area contributed by atoms with E-state index in [0.29, 0.717) is 5.56 Å². The summed E-state index contributed by atoms with van der Waals surface area (Å²) in [5, 5.41) is 2.80. The van der Waals surface area contributed by atoms with Gasteiger partial charge in [0.25, 0.3) is 0 Å². The number of nitrogens with zero attached hydrogens (tertiary/aromatic N) is 1. The Labute approximate surface area is 124 Å². The Morgan fingerprint density at radius 2 is 1.95 bits per heavy atom. The lowest BCUT2D eigenvalue weighted by Gasteiger charge is -2.40. The molecule has 1 N–H and O–H groups in total. The first-order chi connectivity index (χ1) is 10.1. The van der Waals surface area contributed by atoms with Gasteiger partial charge in [-0.05, 0) is 11.5 Å². The van der Waals surface area contributed by atoms with Crippen LogP contribution in [0.15, 0.2) is 30.3 Å². The molecule has 114 valence electrons. The quantitative estimate of drug-likeness (QED) is 0.903. The molecule has 3 unspecified atom stereocenters. The summed E-state index contributed by atoms with van der Waals surface area (Å²) in [7, 11) is 0. The van der Waals surface area contributed by atoms with Crippen molar-refractivity contribution in [3.63, 3.8) is 0 Å². The second-order valence-corrected chi connectivity index (χ2v) is 5.41. The minimum atomic E-state index is -0.741. The normalized spacial score (nSPS) is 23.9. The minimum absolute atomic E-state index is 0.0280. The largest absolute Gasteiger partial charge is 0.342 e. The number of amides is 2. The van der Waals surface area contributed by atoms with Crippen molar-refractivity contribution in [2.24, 2.45) is 5.92 Å². The van der Waals surface area contributed by atoms with E-state index in [1.165, 1.54) is 4.90 Å². The summed E-state index contributed by atoms with van der Waals surface area (Å²) in [5.41, 5.74) is 0.708. The molecule has 21 heavy (non-hydrogen) atoms. The molecule has 0 saturated carbocycles. The SMILES string of the molecule is CCC(C)C1NC(=O)C(c2ccccc2)N(CCF)C1=O. The first-order valence-electron chi connectivity index (χ1n) is 7.31. The zero-order valence-corrected chi connectivity index (χ0v) is 12.4. The molecule has 2 amide bonds. The molecule has 1 saturated heterocycles. The number of carbonyl (C=O) groups is 2. The molecule has 1 aromatic carbocycles. The van der Waals surface area contributed by atoms with Gasteiger partial charge in [0.1, 0.15) is 18.8 Å². The van der Waals surface area contributed by atoms with E-state index in [9.17, 15) is 14.0 Å². The molecule has 2 rings (SSSR count). The minimum Gasteiger partial charge on any atom is -0.342 e. The maximum atomic E-state index is 12.9. The fourth-order valence-corrected chi connectivity index (χ4v) is 2.66. The predicted molar refractivity (Wildman–Crippen MR) is 78.3 cm³/mol. The molecule has 0 bridgehead atoms. The number of carbonyl (C=O) groups excluding carboxylic acids is 2. The number of hydrogen-bond acceptors (Lipinski definition) is 2. The van der Waals surface area contributed by atoms with Gasteiger partial charge >= 0.3 is 0 Å². The summed E-state index contributed by atoms with van der Waals surface area (Å²) in [6.45, 7) is 3.17. The number of hydrogen-bond donors (Lipinski definition) is 1. The predicted octanol–water partition coefficient (Wildman–Crippen LogP) is 2.07. The second-order valence-electron chi connectivity index (χ2n) is 5.41. The zero-order chi connectivity index (χ0) is 15.4. The Bertz CT molecular complexity index is 506. The molecule has 0 radical (unpaired) electrons. The van der Waals surface area contributed by atoms with Crippen molar-refractivity contribution in [2.45, 2.75) is 32.4 Å². The van der Waals surface area contributed by atoms with E-state index in [2.05, 4.69) is 5.32 Å². The van der Waals surface area contributed by atoms with Gasteiger partial charge in [-0.25, -0.2) is 4.39 Å². The molecule has 1 fully saturated rings. The summed E-state index contributed by atoms with van der Waals surface area (Å²) in [6.07, 6.45) is 0.774. The second kappa shape index (κ2) is 6.70. The van der Waals surface area contributed by atoms with Crippen LogP contribution in [0.25, 0.3) is 0 Å². The van der Waals surface area contributed by atoms with E-state index in [4.69, 9.17) is 0 Å². The van der Waals surface area contributed by atoms with Gasteiger partial charge < -0.3 is 10.2 Å². The lowest BCUT2D eigenvalue weighted by Crippen LogP contribution is -2.61. The first kappa shape index (κ1) is 15.5. The molecule has 0 spiro atoms. The van der Waals surface area contributed by atoms with Crippen LogP contribution in [0.2, 0.25) is 0 Å². The number of benzene rings is 1. The lowest BCUT2D eigenvalue weighted by atomic mass is 9.92. The lowest BCUT2D eigenvalue weighted by molar-refractivity contribution is -0.151. The van der Waals surface area contributed by atoms with E-state index < -0.39 is 18.8 Å². The van der Waals surface area contributed by atoms with Crippen molar-refractivity contribution in [1.29, 1.82) is 0 Å². The highest BCUT2D eigenvalue weighted by atomic mass is 19.1. The molecule has 4 nitrogen and oxygen atoms in total. The van der Waals surface area contributed by atoms with Crippen molar-refractivity contribution in [2.75, 3.05) is 13.2 Å². The Hall–Kier alpha value is -1.91. The fraction of sp³-hybridized carbons (Fsp3) is 0.500. The van der Waals surface area contributed by atoms with Crippen LogP contribution < -0.4 is 5.32 Å². The number of nitrogens with one attached hydrogen (secondary N) is 1. The molecule has 0 aromatic heterocycles. The third-order valence-corrected chi connectivity index (χ3v) is 4.06. The van der Waals surface area contributed by atoms with Crippen LogP contribution in [-0.2, 0) is 9.59 Å². The number of halogens is 1. The smallest absolute Gasteiger partial charge is 0.248 e. The molecule has 1 aromatic rings. The Balaban J connectivity index is 2.33. The molecule has 1 aliphatic rings. The summed E-state index contributed by atoms with van der Waals surface area (Å²) >= 11 is 0. The fourth-order valence-electron chi connectivity index (χ4n) is 2.66. The summed E-state index contributed by atoms with van der Waals surface area (Å²) in [4.78, 5) is 26.4. The number of rotatable bonds is 5. The third-order valence-electron chi connectivity index (χ3n) is 4.06. The molecule has 1 aliphatic heterocycles.